The molecule has 0 aliphatic heterocycles. The van der Waals surface area contributed by atoms with Crippen molar-refractivity contribution < 1.29 is 0 Å². The van der Waals surface area contributed by atoms with Crippen LogP contribution < -0.4 is 16.3 Å². The predicted molar refractivity (Wildman–Crippen MR) is 119 cm³/mol. The van der Waals surface area contributed by atoms with Crippen LogP contribution in [0.4, 0.5) is 5.69 Å². The number of benzene rings is 1. The first-order valence-electron chi connectivity index (χ1n) is 8.83. The van der Waals surface area contributed by atoms with Crippen molar-refractivity contribution in [3.05, 3.63) is 50.6 Å². The molecule has 0 fully saturated rings. The average molecular weight is 417 g/mol. The molecule has 2 aromatic heterocycles. The third kappa shape index (κ3) is 3.61. The van der Waals surface area contributed by atoms with Gasteiger partial charge in [0.25, 0.3) is 5.56 Å². The number of hydrogen-bond donors (Lipinski definition) is 2. The molecule has 0 radical (unpaired) electrons. The molecule has 4 rings (SSSR count). The molecule has 0 atom stereocenters. The molecular formula is C19H20N4OS3. The van der Waals surface area contributed by atoms with Gasteiger partial charge in [-0.05, 0) is 68.8 Å². The highest BCUT2D eigenvalue weighted by atomic mass is 32.2. The summed E-state index contributed by atoms with van der Waals surface area (Å²) < 4.78 is 1.47. The third-order valence-corrected chi connectivity index (χ3v) is 6.68. The lowest BCUT2D eigenvalue weighted by Crippen LogP contribution is -2.37. The van der Waals surface area contributed by atoms with Crippen LogP contribution in [0.5, 0.6) is 0 Å². The van der Waals surface area contributed by atoms with Crippen LogP contribution in [0.1, 0.15) is 28.8 Å². The first-order valence-corrected chi connectivity index (χ1v) is 11.3. The highest BCUT2D eigenvalue weighted by Crippen LogP contribution is 2.34. The van der Waals surface area contributed by atoms with E-state index in [0.717, 1.165) is 35.2 Å². The molecule has 0 amide bonds. The van der Waals surface area contributed by atoms with E-state index in [9.17, 15) is 4.79 Å². The molecular weight excluding hydrogens is 396 g/mol. The zero-order chi connectivity index (χ0) is 19.0. The van der Waals surface area contributed by atoms with Crippen molar-refractivity contribution in [1.29, 1.82) is 0 Å². The minimum absolute atomic E-state index is 0.0724. The van der Waals surface area contributed by atoms with Gasteiger partial charge in [-0.2, -0.15) is 4.68 Å². The van der Waals surface area contributed by atoms with Crippen LogP contribution in [-0.4, -0.2) is 21.0 Å². The molecule has 140 valence electrons. The number of thiophene rings is 1. The van der Waals surface area contributed by atoms with Crippen LogP contribution in [0.15, 0.2) is 34.2 Å². The Labute approximate surface area is 171 Å². The second-order valence-electron chi connectivity index (χ2n) is 6.56. The van der Waals surface area contributed by atoms with Crippen molar-refractivity contribution >= 4 is 56.3 Å². The molecule has 8 heteroatoms. The molecule has 0 unspecified atom stereocenters. The Morgan fingerprint density at radius 1 is 1.26 bits per heavy atom. The zero-order valence-electron chi connectivity index (χ0n) is 15.2. The number of thiocarbonyl (C=S) groups is 1. The summed E-state index contributed by atoms with van der Waals surface area (Å²) in [4.78, 5) is 20.1. The Morgan fingerprint density at radius 3 is 2.74 bits per heavy atom. The SMILES string of the molecule is CSc1nc2sc3c(c2c(=O)n1NC(=S)Nc1ccc(C)cc1)CCCC3. The molecule has 3 aromatic rings. The van der Waals surface area contributed by atoms with E-state index < -0.39 is 0 Å². The molecule has 1 aliphatic carbocycles. The van der Waals surface area contributed by atoms with E-state index in [1.807, 2.05) is 37.4 Å². The molecule has 27 heavy (non-hydrogen) atoms. The van der Waals surface area contributed by atoms with E-state index in [0.29, 0.717) is 10.3 Å². The molecule has 1 aromatic carbocycles. The average Bonchev–Trinajstić information content (AvgIpc) is 3.04. The summed E-state index contributed by atoms with van der Waals surface area (Å²) >= 11 is 8.52. The van der Waals surface area contributed by atoms with Crippen molar-refractivity contribution in [3.8, 4) is 0 Å². The van der Waals surface area contributed by atoms with Crippen LogP contribution in [-0.2, 0) is 12.8 Å². The first-order chi connectivity index (χ1) is 13.1. The first kappa shape index (κ1) is 18.5. The van der Waals surface area contributed by atoms with Crippen molar-refractivity contribution in [3.63, 3.8) is 0 Å². The maximum Gasteiger partial charge on any atom is 0.282 e. The number of nitrogens with one attached hydrogen (secondary N) is 2. The van der Waals surface area contributed by atoms with Crippen LogP contribution in [0.25, 0.3) is 10.2 Å². The lowest BCUT2D eigenvalue weighted by atomic mass is 9.97. The summed E-state index contributed by atoms with van der Waals surface area (Å²) in [6.07, 6.45) is 6.23. The van der Waals surface area contributed by atoms with Gasteiger partial charge in [-0.1, -0.05) is 29.5 Å². The Kier molecular flexibility index (Phi) is 5.21. The number of aryl methyl sites for hydroxylation is 3. The van der Waals surface area contributed by atoms with E-state index >= 15 is 0 Å². The second kappa shape index (κ2) is 7.61. The molecule has 0 spiro atoms. The minimum Gasteiger partial charge on any atom is -0.331 e. The normalized spacial score (nSPS) is 13.4. The Hall–Kier alpha value is -1.90. The van der Waals surface area contributed by atoms with E-state index in [-0.39, 0.29) is 5.56 Å². The van der Waals surface area contributed by atoms with Gasteiger partial charge in [0.05, 0.1) is 5.39 Å². The van der Waals surface area contributed by atoms with Gasteiger partial charge in [-0.15, -0.1) is 11.3 Å². The molecule has 2 N–H and O–H groups in total. The number of aromatic nitrogens is 2. The predicted octanol–water partition coefficient (Wildman–Crippen LogP) is 4.31. The third-order valence-electron chi connectivity index (χ3n) is 4.66. The largest absolute Gasteiger partial charge is 0.331 e. The molecule has 2 heterocycles. The Balaban J connectivity index is 1.69. The van der Waals surface area contributed by atoms with Crippen LogP contribution >= 0.6 is 35.3 Å². The van der Waals surface area contributed by atoms with Crippen LogP contribution in [0.2, 0.25) is 0 Å². The molecule has 0 bridgehead atoms. The standard InChI is InChI=1S/C19H20N4OS3/c1-11-7-9-12(10-8-11)20-18(25)22-23-17(24)15-13-5-3-4-6-14(13)27-16(15)21-19(23)26-2/h7-10H,3-6H2,1-2H3,(H2,20,22,25). The molecule has 5 nitrogen and oxygen atoms in total. The lowest BCUT2D eigenvalue weighted by Gasteiger charge is -2.15. The Bertz CT molecular complexity index is 1070. The summed E-state index contributed by atoms with van der Waals surface area (Å²) in [5.74, 6) is 0. The summed E-state index contributed by atoms with van der Waals surface area (Å²) in [5.41, 5.74) is 6.19. The summed E-state index contributed by atoms with van der Waals surface area (Å²) in [6, 6.07) is 7.93. The highest BCUT2D eigenvalue weighted by Gasteiger charge is 2.22. The summed E-state index contributed by atoms with van der Waals surface area (Å²) in [5, 5.41) is 4.85. The molecule has 1 aliphatic rings. The maximum atomic E-state index is 13.2. The van der Waals surface area contributed by atoms with Gasteiger partial charge in [0, 0.05) is 10.6 Å². The lowest BCUT2D eigenvalue weighted by molar-refractivity contribution is 0.698. The van der Waals surface area contributed by atoms with E-state index in [2.05, 4.69) is 10.7 Å². The Morgan fingerprint density at radius 2 is 2.00 bits per heavy atom. The number of thioether (sulfide) groups is 1. The molecule has 0 saturated carbocycles. The fourth-order valence-electron chi connectivity index (χ4n) is 3.32. The topological polar surface area (TPSA) is 59.0 Å². The number of nitrogens with zero attached hydrogens (tertiary/aromatic N) is 2. The van der Waals surface area contributed by atoms with Crippen molar-refractivity contribution in [1.82, 2.24) is 9.66 Å². The summed E-state index contributed by atoms with van der Waals surface area (Å²) in [7, 11) is 0. The van der Waals surface area contributed by atoms with Gasteiger partial charge < -0.3 is 5.32 Å². The summed E-state index contributed by atoms with van der Waals surface area (Å²) in [6.45, 7) is 2.03. The van der Waals surface area contributed by atoms with Gasteiger partial charge >= 0.3 is 0 Å². The van der Waals surface area contributed by atoms with E-state index in [1.54, 1.807) is 11.3 Å². The van der Waals surface area contributed by atoms with Crippen molar-refractivity contribution in [2.75, 3.05) is 17.0 Å². The van der Waals surface area contributed by atoms with Gasteiger partial charge in [0.2, 0.25) is 0 Å². The van der Waals surface area contributed by atoms with Gasteiger partial charge in [-0.3, -0.25) is 10.2 Å². The number of rotatable bonds is 3. The fourth-order valence-corrected chi connectivity index (χ4v) is 5.33. The smallest absolute Gasteiger partial charge is 0.282 e. The zero-order valence-corrected chi connectivity index (χ0v) is 17.6. The number of fused-ring (bicyclic) bond motifs is 3. The van der Waals surface area contributed by atoms with E-state index in [1.165, 1.54) is 38.9 Å². The van der Waals surface area contributed by atoms with Gasteiger partial charge in [-0.25, -0.2) is 4.98 Å². The molecule has 0 saturated heterocycles. The second-order valence-corrected chi connectivity index (χ2v) is 8.83. The van der Waals surface area contributed by atoms with E-state index in [4.69, 9.17) is 17.2 Å². The fraction of sp³-hybridized carbons (Fsp3) is 0.316. The van der Waals surface area contributed by atoms with Gasteiger partial charge in [0.1, 0.15) is 4.83 Å². The quantitative estimate of drug-likeness (QED) is 0.377. The van der Waals surface area contributed by atoms with Gasteiger partial charge in [0.15, 0.2) is 10.3 Å². The van der Waals surface area contributed by atoms with Crippen LogP contribution in [0.3, 0.4) is 0 Å². The minimum atomic E-state index is -0.0724. The monoisotopic (exact) mass is 416 g/mol. The van der Waals surface area contributed by atoms with Crippen molar-refractivity contribution in [2.24, 2.45) is 0 Å². The highest BCUT2D eigenvalue weighted by molar-refractivity contribution is 7.98. The number of hydrogen-bond acceptors (Lipinski definition) is 5. The van der Waals surface area contributed by atoms with Crippen molar-refractivity contribution in [2.45, 2.75) is 37.8 Å². The maximum absolute atomic E-state index is 13.2. The number of anilines is 1. The van der Waals surface area contributed by atoms with Crippen LogP contribution in [0, 0.1) is 6.92 Å².